The van der Waals surface area contributed by atoms with Gasteiger partial charge in [-0.25, -0.2) is 0 Å². The second kappa shape index (κ2) is 6.88. The van der Waals surface area contributed by atoms with Crippen LogP contribution < -0.4 is 11.3 Å². The molecule has 0 aliphatic heterocycles. The fourth-order valence-corrected chi connectivity index (χ4v) is 5.22. The van der Waals surface area contributed by atoms with Crippen LogP contribution in [0.25, 0.3) is 0 Å². The first kappa shape index (κ1) is 16.4. The number of nitrogens with two attached hydrogens (primary N) is 1. The van der Waals surface area contributed by atoms with E-state index in [-0.39, 0.29) is 11.6 Å². The molecule has 3 atom stereocenters. The molecule has 3 N–H and O–H groups in total. The van der Waals surface area contributed by atoms with Crippen molar-refractivity contribution in [2.75, 3.05) is 14.1 Å². The highest BCUT2D eigenvalue weighted by atomic mass is 79.9. The van der Waals surface area contributed by atoms with Gasteiger partial charge in [0, 0.05) is 27.4 Å². The highest BCUT2D eigenvalue weighted by Gasteiger charge is 2.43. The maximum Gasteiger partial charge on any atom is 0.0443 e. The summed E-state index contributed by atoms with van der Waals surface area (Å²) in [5.41, 5.74) is 3.29. The standard InChI is InChI=1S/C15H26BrN3S/c1-11-5-4-7-15(10-11,19(2)3)14(18-17)9-13-12(16)6-8-20-13/h6,8,11,14,18H,4-5,7,9-10,17H2,1-3H3. The minimum Gasteiger partial charge on any atom is -0.302 e. The maximum absolute atomic E-state index is 5.95. The number of halogens is 1. The number of rotatable bonds is 5. The Morgan fingerprint density at radius 3 is 2.85 bits per heavy atom. The summed E-state index contributed by atoms with van der Waals surface area (Å²) in [4.78, 5) is 3.78. The average Bonchev–Trinajstić information content (AvgIpc) is 2.81. The van der Waals surface area contributed by atoms with Crippen LogP contribution >= 0.6 is 27.3 Å². The predicted molar refractivity (Wildman–Crippen MR) is 90.9 cm³/mol. The Morgan fingerprint density at radius 2 is 2.35 bits per heavy atom. The first-order valence-corrected chi connectivity index (χ1v) is 9.02. The van der Waals surface area contributed by atoms with Gasteiger partial charge in [0.15, 0.2) is 0 Å². The third-order valence-electron chi connectivity index (χ3n) is 4.83. The van der Waals surface area contributed by atoms with Gasteiger partial charge in [0.25, 0.3) is 0 Å². The fraction of sp³-hybridized carbons (Fsp3) is 0.733. The van der Waals surface area contributed by atoms with Crippen molar-refractivity contribution >= 4 is 27.3 Å². The van der Waals surface area contributed by atoms with Crippen LogP contribution in [0.15, 0.2) is 15.9 Å². The van der Waals surface area contributed by atoms with Crippen LogP contribution in [0.1, 0.15) is 37.5 Å². The molecule has 2 rings (SSSR count). The zero-order valence-corrected chi connectivity index (χ0v) is 15.1. The molecule has 0 aromatic carbocycles. The Bertz CT molecular complexity index is 435. The first-order valence-electron chi connectivity index (χ1n) is 7.35. The zero-order valence-electron chi connectivity index (χ0n) is 12.7. The van der Waals surface area contributed by atoms with E-state index in [2.05, 4.69) is 58.7 Å². The van der Waals surface area contributed by atoms with E-state index in [1.807, 2.05) is 11.3 Å². The van der Waals surface area contributed by atoms with Crippen molar-refractivity contribution in [3.05, 3.63) is 20.8 Å². The number of hydrogen-bond acceptors (Lipinski definition) is 4. The number of hydrogen-bond donors (Lipinski definition) is 2. The Labute approximate surface area is 135 Å². The molecular weight excluding hydrogens is 334 g/mol. The molecule has 0 bridgehead atoms. The summed E-state index contributed by atoms with van der Waals surface area (Å²) in [6, 6.07) is 2.41. The Kier molecular flexibility index (Phi) is 5.65. The van der Waals surface area contributed by atoms with Crippen molar-refractivity contribution in [3.63, 3.8) is 0 Å². The quantitative estimate of drug-likeness (QED) is 0.625. The maximum atomic E-state index is 5.95. The number of likely N-dealkylation sites (N-methyl/N-ethyl adjacent to an activating group) is 1. The van der Waals surface area contributed by atoms with Gasteiger partial charge < -0.3 is 4.90 Å². The lowest BCUT2D eigenvalue weighted by molar-refractivity contribution is 0.0375. The van der Waals surface area contributed by atoms with Crippen LogP contribution in [-0.2, 0) is 6.42 Å². The first-order chi connectivity index (χ1) is 9.49. The lowest BCUT2D eigenvalue weighted by atomic mass is 9.70. The van der Waals surface area contributed by atoms with Gasteiger partial charge in [-0.05, 0) is 60.2 Å². The molecule has 5 heteroatoms. The molecule has 0 amide bonds. The monoisotopic (exact) mass is 359 g/mol. The molecule has 1 fully saturated rings. The van der Waals surface area contributed by atoms with Crippen LogP contribution in [0, 0.1) is 5.92 Å². The van der Waals surface area contributed by atoms with Crippen molar-refractivity contribution in [2.24, 2.45) is 11.8 Å². The van der Waals surface area contributed by atoms with E-state index in [1.54, 1.807) is 0 Å². The number of nitrogens with zero attached hydrogens (tertiary/aromatic N) is 1. The Hall–Kier alpha value is 0.0600. The van der Waals surface area contributed by atoms with Crippen molar-refractivity contribution in [3.8, 4) is 0 Å². The van der Waals surface area contributed by atoms with Crippen molar-refractivity contribution in [1.82, 2.24) is 10.3 Å². The van der Waals surface area contributed by atoms with Crippen molar-refractivity contribution in [2.45, 2.75) is 50.6 Å². The molecule has 1 aromatic heterocycles. The minimum absolute atomic E-state index is 0.163. The Morgan fingerprint density at radius 1 is 1.60 bits per heavy atom. The summed E-state index contributed by atoms with van der Waals surface area (Å²) >= 11 is 5.45. The summed E-state index contributed by atoms with van der Waals surface area (Å²) < 4.78 is 1.21. The van der Waals surface area contributed by atoms with Crippen LogP contribution in [0.2, 0.25) is 0 Å². The molecule has 114 valence electrons. The van der Waals surface area contributed by atoms with E-state index in [0.717, 1.165) is 12.3 Å². The van der Waals surface area contributed by atoms with Crippen molar-refractivity contribution in [1.29, 1.82) is 0 Å². The minimum atomic E-state index is 0.163. The number of thiophene rings is 1. The molecule has 0 radical (unpaired) electrons. The van der Waals surface area contributed by atoms with Gasteiger partial charge >= 0.3 is 0 Å². The molecule has 1 aromatic rings. The summed E-state index contributed by atoms with van der Waals surface area (Å²) in [7, 11) is 4.40. The topological polar surface area (TPSA) is 41.3 Å². The number of nitrogens with one attached hydrogen (secondary N) is 1. The number of hydrazine groups is 1. The average molecular weight is 360 g/mol. The van der Waals surface area contributed by atoms with E-state index >= 15 is 0 Å². The molecule has 0 spiro atoms. The van der Waals surface area contributed by atoms with Gasteiger partial charge in [-0.15, -0.1) is 11.3 Å². The van der Waals surface area contributed by atoms with Gasteiger partial charge in [0.2, 0.25) is 0 Å². The van der Waals surface area contributed by atoms with Crippen LogP contribution in [-0.4, -0.2) is 30.6 Å². The largest absolute Gasteiger partial charge is 0.302 e. The third-order valence-corrected chi connectivity index (χ3v) is 6.78. The van der Waals surface area contributed by atoms with Gasteiger partial charge in [-0.1, -0.05) is 19.8 Å². The molecule has 1 saturated carbocycles. The smallest absolute Gasteiger partial charge is 0.0443 e. The second-order valence-electron chi connectivity index (χ2n) is 6.31. The summed E-state index contributed by atoms with van der Waals surface area (Å²) in [5.74, 6) is 6.72. The lowest BCUT2D eigenvalue weighted by Crippen LogP contribution is -2.63. The molecule has 20 heavy (non-hydrogen) atoms. The highest BCUT2D eigenvalue weighted by molar-refractivity contribution is 9.10. The van der Waals surface area contributed by atoms with Gasteiger partial charge in [0.1, 0.15) is 0 Å². The summed E-state index contributed by atoms with van der Waals surface area (Å²) in [5, 5.41) is 2.14. The lowest BCUT2D eigenvalue weighted by Gasteiger charge is -2.50. The van der Waals surface area contributed by atoms with Crippen LogP contribution in [0.5, 0.6) is 0 Å². The van der Waals surface area contributed by atoms with E-state index in [4.69, 9.17) is 5.84 Å². The molecule has 3 nitrogen and oxygen atoms in total. The van der Waals surface area contributed by atoms with Crippen LogP contribution in [0.4, 0.5) is 0 Å². The molecule has 0 saturated heterocycles. The van der Waals surface area contributed by atoms with Crippen LogP contribution in [0.3, 0.4) is 0 Å². The van der Waals surface area contributed by atoms with E-state index < -0.39 is 0 Å². The predicted octanol–water partition coefficient (Wildman–Crippen LogP) is 3.40. The van der Waals surface area contributed by atoms with Crippen molar-refractivity contribution < 1.29 is 0 Å². The molecule has 1 heterocycles. The Balaban J connectivity index is 2.23. The van der Waals surface area contributed by atoms with Gasteiger partial charge in [-0.2, -0.15) is 0 Å². The normalized spacial score (nSPS) is 28.8. The van der Waals surface area contributed by atoms with E-state index in [0.29, 0.717) is 0 Å². The molecule has 3 unspecified atom stereocenters. The molecule has 1 aliphatic rings. The van der Waals surface area contributed by atoms with Gasteiger partial charge in [-0.3, -0.25) is 11.3 Å². The van der Waals surface area contributed by atoms with E-state index in [1.165, 1.54) is 35.0 Å². The molecule has 1 aliphatic carbocycles. The molecular formula is C15H26BrN3S. The zero-order chi connectivity index (χ0) is 14.8. The van der Waals surface area contributed by atoms with E-state index in [9.17, 15) is 0 Å². The van der Waals surface area contributed by atoms with Gasteiger partial charge in [0.05, 0.1) is 0 Å². The fourth-order valence-electron chi connectivity index (χ4n) is 3.66. The third kappa shape index (κ3) is 3.28. The highest BCUT2D eigenvalue weighted by Crippen LogP contribution is 2.39. The summed E-state index contributed by atoms with van der Waals surface area (Å²) in [6.45, 7) is 2.37. The summed E-state index contributed by atoms with van der Waals surface area (Å²) in [6.07, 6.45) is 6.07. The second-order valence-corrected chi connectivity index (χ2v) is 8.17. The SMILES string of the molecule is CC1CCCC(C(Cc2sccc2Br)NN)(N(C)C)C1.